The summed E-state index contributed by atoms with van der Waals surface area (Å²) in [6, 6.07) is 5.37. The molecule has 1 rings (SSSR count). The van der Waals surface area contributed by atoms with Gasteiger partial charge in [-0.05, 0) is 19.1 Å². The average Bonchev–Trinajstić information content (AvgIpc) is 2.02. The standard InChI is InChI=1S/C10H12BrClO2/c1-10(13,6-14-2)8-4-3-7(11)5-9(8)12/h3-5,13H,6H2,1-2H3. The van der Waals surface area contributed by atoms with Crippen LogP contribution in [0.3, 0.4) is 0 Å². The summed E-state index contributed by atoms with van der Waals surface area (Å²) in [5.41, 5.74) is -0.379. The highest BCUT2D eigenvalue weighted by atomic mass is 79.9. The third kappa shape index (κ3) is 2.70. The van der Waals surface area contributed by atoms with Gasteiger partial charge in [0, 0.05) is 22.2 Å². The number of hydrogen-bond donors (Lipinski definition) is 1. The number of aliphatic hydroxyl groups is 1. The van der Waals surface area contributed by atoms with Gasteiger partial charge in [0.15, 0.2) is 0 Å². The van der Waals surface area contributed by atoms with Gasteiger partial charge in [-0.3, -0.25) is 0 Å². The Bertz CT molecular complexity index is 326. The zero-order valence-electron chi connectivity index (χ0n) is 8.05. The highest BCUT2D eigenvalue weighted by Crippen LogP contribution is 2.30. The van der Waals surface area contributed by atoms with Gasteiger partial charge in [-0.2, -0.15) is 0 Å². The van der Waals surface area contributed by atoms with Crippen molar-refractivity contribution in [3.8, 4) is 0 Å². The van der Waals surface area contributed by atoms with Gasteiger partial charge in [0.2, 0.25) is 0 Å². The maximum atomic E-state index is 10.0. The van der Waals surface area contributed by atoms with E-state index in [9.17, 15) is 5.11 Å². The lowest BCUT2D eigenvalue weighted by Gasteiger charge is -2.23. The first-order valence-electron chi connectivity index (χ1n) is 4.14. The number of methoxy groups -OCH3 is 1. The van der Waals surface area contributed by atoms with E-state index in [2.05, 4.69) is 15.9 Å². The maximum absolute atomic E-state index is 10.0. The van der Waals surface area contributed by atoms with Crippen molar-refractivity contribution in [1.82, 2.24) is 0 Å². The van der Waals surface area contributed by atoms with Crippen LogP contribution >= 0.6 is 27.5 Å². The first-order chi connectivity index (χ1) is 6.47. The maximum Gasteiger partial charge on any atom is 0.111 e. The summed E-state index contributed by atoms with van der Waals surface area (Å²) in [7, 11) is 1.54. The van der Waals surface area contributed by atoms with Crippen molar-refractivity contribution in [3.63, 3.8) is 0 Å². The minimum atomic E-state index is -1.05. The molecule has 1 unspecified atom stereocenters. The second-order valence-corrected chi connectivity index (χ2v) is 4.65. The molecule has 1 atom stereocenters. The lowest BCUT2D eigenvalue weighted by molar-refractivity contribution is -0.0207. The van der Waals surface area contributed by atoms with Gasteiger partial charge in [0.25, 0.3) is 0 Å². The predicted molar refractivity (Wildman–Crippen MR) is 60.6 cm³/mol. The summed E-state index contributed by atoms with van der Waals surface area (Å²) in [5, 5.41) is 10.6. The molecule has 78 valence electrons. The molecule has 0 aliphatic carbocycles. The summed E-state index contributed by atoms with van der Waals surface area (Å²) in [6.45, 7) is 1.89. The second-order valence-electron chi connectivity index (χ2n) is 3.33. The van der Waals surface area contributed by atoms with Crippen LogP contribution in [-0.2, 0) is 10.3 Å². The highest BCUT2D eigenvalue weighted by Gasteiger charge is 2.25. The molecular weight excluding hydrogens is 267 g/mol. The molecule has 2 nitrogen and oxygen atoms in total. The number of ether oxygens (including phenoxy) is 1. The van der Waals surface area contributed by atoms with E-state index < -0.39 is 5.60 Å². The minimum absolute atomic E-state index is 0.217. The Balaban J connectivity index is 3.06. The van der Waals surface area contributed by atoms with Gasteiger partial charge in [0.05, 0.1) is 6.61 Å². The molecule has 0 amide bonds. The first-order valence-corrected chi connectivity index (χ1v) is 5.31. The van der Waals surface area contributed by atoms with Crippen LogP contribution in [0.15, 0.2) is 22.7 Å². The number of hydrogen-bond acceptors (Lipinski definition) is 2. The summed E-state index contributed by atoms with van der Waals surface area (Å²) >= 11 is 9.31. The van der Waals surface area contributed by atoms with E-state index in [-0.39, 0.29) is 6.61 Å². The Hall–Kier alpha value is -0.0900. The monoisotopic (exact) mass is 278 g/mol. The largest absolute Gasteiger partial charge is 0.383 e. The van der Waals surface area contributed by atoms with Crippen LogP contribution in [0.4, 0.5) is 0 Å². The Morgan fingerprint density at radius 2 is 2.21 bits per heavy atom. The van der Waals surface area contributed by atoms with Gasteiger partial charge in [0.1, 0.15) is 5.60 Å². The highest BCUT2D eigenvalue weighted by molar-refractivity contribution is 9.10. The van der Waals surface area contributed by atoms with Crippen molar-refractivity contribution in [2.45, 2.75) is 12.5 Å². The van der Waals surface area contributed by atoms with E-state index in [1.165, 1.54) is 0 Å². The summed E-state index contributed by atoms with van der Waals surface area (Å²) < 4.78 is 5.81. The summed E-state index contributed by atoms with van der Waals surface area (Å²) in [4.78, 5) is 0. The predicted octanol–water partition coefficient (Wildman–Crippen LogP) is 2.96. The van der Waals surface area contributed by atoms with Crippen LogP contribution < -0.4 is 0 Å². The fourth-order valence-electron chi connectivity index (χ4n) is 1.29. The third-order valence-corrected chi connectivity index (χ3v) is 2.74. The Labute approximate surface area is 97.0 Å². The zero-order chi connectivity index (χ0) is 10.8. The quantitative estimate of drug-likeness (QED) is 0.922. The fourth-order valence-corrected chi connectivity index (χ4v) is 2.16. The van der Waals surface area contributed by atoms with E-state index in [4.69, 9.17) is 16.3 Å². The van der Waals surface area contributed by atoms with Crippen molar-refractivity contribution in [1.29, 1.82) is 0 Å². The number of benzene rings is 1. The van der Waals surface area contributed by atoms with E-state index in [0.29, 0.717) is 10.6 Å². The Morgan fingerprint density at radius 3 is 2.71 bits per heavy atom. The van der Waals surface area contributed by atoms with E-state index in [0.717, 1.165) is 4.47 Å². The van der Waals surface area contributed by atoms with Crippen LogP contribution in [0.25, 0.3) is 0 Å². The molecule has 0 radical (unpaired) electrons. The molecule has 4 heteroatoms. The molecule has 0 fully saturated rings. The lowest BCUT2D eigenvalue weighted by atomic mass is 9.97. The van der Waals surface area contributed by atoms with Crippen molar-refractivity contribution in [2.24, 2.45) is 0 Å². The molecule has 1 aromatic rings. The smallest absolute Gasteiger partial charge is 0.111 e. The van der Waals surface area contributed by atoms with E-state index >= 15 is 0 Å². The Morgan fingerprint density at radius 1 is 1.57 bits per heavy atom. The van der Waals surface area contributed by atoms with Crippen LogP contribution in [0.1, 0.15) is 12.5 Å². The molecule has 0 aromatic heterocycles. The van der Waals surface area contributed by atoms with Gasteiger partial charge in [-0.25, -0.2) is 0 Å². The first kappa shape index (κ1) is 12.0. The van der Waals surface area contributed by atoms with Gasteiger partial charge >= 0.3 is 0 Å². The molecular formula is C10H12BrClO2. The molecule has 1 N–H and O–H groups in total. The zero-order valence-corrected chi connectivity index (χ0v) is 10.4. The topological polar surface area (TPSA) is 29.5 Å². The molecule has 0 bridgehead atoms. The molecule has 0 spiro atoms. The van der Waals surface area contributed by atoms with Crippen LogP contribution in [0.5, 0.6) is 0 Å². The SMILES string of the molecule is COCC(C)(O)c1ccc(Br)cc1Cl. The molecule has 0 saturated heterocycles. The lowest BCUT2D eigenvalue weighted by Crippen LogP contribution is -2.27. The van der Waals surface area contributed by atoms with Crippen LogP contribution in [0, 0.1) is 0 Å². The number of rotatable bonds is 3. The molecule has 14 heavy (non-hydrogen) atoms. The Kier molecular flexibility index (Phi) is 3.95. The van der Waals surface area contributed by atoms with Crippen LogP contribution in [0.2, 0.25) is 5.02 Å². The second kappa shape index (κ2) is 4.62. The van der Waals surface area contributed by atoms with Crippen LogP contribution in [-0.4, -0.2) is 18.8 Å². The third-order valence-electron chi connectivity index (χ3n) is 1.94. The minimum Gasteiger partial charge on any atom is -0.383 e. The normalized spacial score (nSPS) is 15.2. The molecule has 0 aliphatic rings. The van der Waals surface area contributed by atoms with Crippen molar-refractivity contribution >= 4 is 27.5 Å². The van der Waals surface area contributed by atoms with Crippen molar-refractivity contribution in [2.75, 3.05) is 13.7 Å². The van der Waals surface area contributed by atoms with Gasteiger partial charge < -0.3 is 9.84 Å². The van der Waals surface area contributed by atoms with Gasteiger partial charge in [-0.15, -0.1) is 0 Å². The molecule has 0 saturated carbocycles. The summed E-state index contributed by atoms with van der Waals surface area (Å²) in [6.07, 6.45) is 0. The molecule has 0 aliphatic heterocycles. The summed E-state index contributed by atoms with van der Waals surface area (Å²) in [5.74, 6) is 0. The van der Waals surface area contributed by atoms with E-state index in [1.807, 2.05) is 6.07 Å². The van der Waals surface area contributed by atoms with Gasteiger partial charge in [-0.1, -0.05) is 33.6 Å². The fraction of sp³-hybridized carbons (Fsp3) is 0.400. The van der Waals surface area contributed by atoms with Crippen molar-refractivity contribution in [3.05, 3.63) is 33.3 Å². The molecule has 0 heterocycles. The average molecular weight is 280 g/mol. The number of halogens is 2. The van der Waals surface area contributed by atoms with E-state index in [1.54, 1.807) is 26.2 Å². The molecule has 1 aromatic carbocycles. The van der Waals surface area contributed by atoms with Crippen molar-refractivity contribution < 1.29 is 9.84 Å².